The summed E-state index contributed by atoms with van der Waals surface area (Å²) in [4.78, 5) is 56.4. The van der Waals surface area contributed by atoms with E-state index in [4.69, 9.17) is 10.6 Å². The Hall–Kier alpha value is -2.82. The number of nitrogens with two attached hydrogens (primary N) is 1. The molecule has 4 N–H and O–H groups in total. The van der Waals surface area contributed by atoms with Crippen molar-refractivity contribution in [1.29, 1.82) is 0 Å². The van der Waals surface area contributed by atoms with Crippen molar-refractivity contribution in [2.24, 2.45) is 5.16 Å². The summed E-state index contributed by atoms with van der Waals surface area (Å²) in [5.41, 5.74) is 5.64. The maximum absolute atomic E-state index is 12.9. The van der Waals surface area contributed by atoms with Gasteiger partial charge in [0, 0.05) is 28.4 Å². The maximum atomic E-state index is 12.9. The van der Waals surface area contributed by atoms with Gasteiger partial charge in [0.25, 0.3) is 11.8 Å². The van der Waals surface area contributed by atoms with Crippen LogP contribution in [-0.4, -0.2) is 77.8 Å². The van der Waals surface area contributed by atoms with Crippen LogP contribution in [0.3, 0.4) is 0 Å². The van der Waals surface area contributed by atoms with Crippen LogP contribution in [0.25, 0.3) is 0 Å². The molecule has 1 fully saturated rings. The number of thioether (sulfide) groups is 3. The number of aliphatic carboxylic acids is 1. The predicted octanol–water partition coefficient (Wildman–Crippen LogP) is 1.04. The number of aromatic nitrogens is 3. The summed E-state index contributed by atoms with van der Waals surface area (Å²) in [6.07, 6.45) is 3.25. The highest BCUT2D eigenvalue weighted by Crippen LogP contribution is 2.44. The summed E-state index contributed by atoms with van der Waals surface area (Å²) in [5, 5.41) is 18.4. The molecule has 12 nitrogen and oxygen atoms in total. The average Bonchev–Trinajstić information content (AvgIpc) is 3.26. The molecule has 0 saturated carbocycles. The molecule has 2 aliphatic heterocycles. The van der Waals surface area contributed by atoms with Gasteiger partial charge in [-0.2, -0.15) is 0 Å². The number of oxime groups is 1. The van der Waals surface area contributed by atoms with Crippen LogP contribution in [0.1, 0.15) is 5.69 Å². The first-order valence-corrected chi connectivity index (χ1v) is 13.4. The van der Waals surface area contributed by atoms with E-state index < -0.39 is 29.2 Å². The highest BCUT2D eigenvalue weighted by Gasteiger charge is 2.54. The van der Waals surface area contributed by atoms with Crippen molar-refractivity contribution in [1.82, 2.24) is 25.2 Å². The lowest BCUT2D eigenvalue weighted by atomic mass is 10.0. The number of fused-ring (bicyclic) bond motifs is 1. The lowest BCUT2D eigenvalue weighted by Crippen LogP contribution is -2.71. The zero-order valence-electron chi connectivity index (χ0n) is 17.4. The summed E-state index contributed by atoms with van der Waals surface area (Å²) in [6, 6.07) is 0.796. The second kappa shape index (κ2) is 10.6. The molecule has 34 heavy (non-hydrogen) atoms. The van der Waals surface area contributed by atoms with E-state index in [1.54, 1.807) is 23.8 Å². The standard InChI is InChI=1S/C18H17N7O5S4/c1-30-24-10(8-5-32-17(19)22-8)13(26)23-11-14(27)25-12(16(28)29)9(6-31-15(11)25)33-7-34-18-20-3-2-4-21-18/h2-5,11,15H,6-7H2,1H3,(H2,19,22)(H,23,26)(H,28,29)/b24-10-/t11-,15-/m1/s1. The van der Waals surface area contributed by atoms with Crippen LogP contribution in [0, 0.1) is 0 Å². The van der Waals surface area contributed by atoms with Crippen LogP contribution in [0.15, 0.2) is 44.8 Å². The van der Waals surface area contributed by atoms with Crippen molar-refractivity contribution in [3.63, 3.8) is 0 Å². The van der Waals surface area contributed by atoms with Gasteiger partial charge in [-0.1, -0.05) is 16.9 Å². The Balaban J connectivity index is 1.45. The second-order valence-electron chi connectivity index (χ2n) is 6.57. The third-order valence-electron chi connectivity index (χ3n) is 4.55. The SMILES string of the molecule is CO/N=C(\C(=O)N[C@@H]1C(=O)N2C(C(=O)O)=C(SCSc3ncccn3)CS[C@H]12)c1csc(N)n1. The minimum absolute atomic E-state index is 0.0723. The second-order valence-corrected chi connectivity index (χ2v) is 10.9. The van der Waals surface area contributed by atoms with Crippen molar-refractivity contribution in [2.75, 3.05) is 23.7 Å². The number of hydrogen-bond acceptors (Lipinski definition) is 13. The first kappa shape index (κ1) is 24.3. The number of nitrogen functional groups attached to an aromatic ring is 1. The van der Waals surface area contributed by atoms with E-state index in [9.17, 15) is 19.5 Å². The topological polar surface area (TPSA) is 173 Å². The Labute approximate surface area is 209 Å². The Bertz CT molecular complexity index is 1170. The number of β-lactam (4-membered cyclic amide) rings is 1. The Morgan fingerprint density at radius 3 is 2.79 bits per heavy atom. The molecule has 178 valence electrons. The van der Waals surface area contributed by atoms with Gasteiger partial charge in [-0.3, -0.25) is 14.5 Å². The average molecular weight is 540 g/mol. The number of anilines is 1. The van der Waals surface area contributed by atoms with Gasteiger partial charge < -0.3 is 21.0 Å². The van der Waals surface area contributed by atoms with Gasteiger partial charge >= 0.3 is 5.97 Å². The third-order valence-corrected chi connectivity index (χ3v) is 8.78. The number of nitrogens with zero attached hydrogens (tertiary/aromatic N) is 5. The highest BCUT2D eigenvalue weighted by molar-refractivity contribution is 8.18. The molecule has 16 heteroatoms. The minimum atomic E-state index is -1.20. The summed E-state index contributed by atoms with van der Waals surface area (Å²) < 4.78 is 0. The first-order chi connectivity index (χ1) is 16.4. The van der Waals surface area contributed by atoms with Gasteiger partial charge in [0.1, 0.15) is 29.9 Å². The van der Waals surface area contributed by atoms with E-state index >= 15 is 0 Å². The monoisotopic (exact) mass is 539 g/mol. The number of carbonyl (C=O) groups excluding carboxylic acids is 2. The van der Waals surface area contributed by atoms with E-state index in [1.165, 1.54) is 47.3 Å². The third kappa shape index (κ3) is 4.98. The smallest absolute Gasteiger partial charge is 0.353 e. The van der Waals surface area contributed by atoms with Crippen molar-refractivity contribution < 1.29 is 24.3 Å². The Kier molecular flexibility index (Phi) is 7.60. The molecule has 4 rings (SSSR count). The van der Waals surface area contributed by atoms with Crippen LogP contribution in [-0.2, 0) is 19.2 Å². The first-order valence-electron chi connectivity index (χ1n) is 9.47. The summed E-state index contributed by atoms with van der Waals surface area (Å²) >= 11 is 5.19. The maximum Gasteiger partial charge on any atom is 0.353 e. The summed E-state index contributed by atoms with van der Waals surface area (Å²) in [7, 11) is 1.28. The molecule has 2 aromatic heterocycles. The molecule has 0 unspecified atom stereocenters. The molecule has 0 radical (unpaired) electrons. The zero-order valence-corrected chi connectivity index (χ0v) is 20.7. The molecular formula is C18H17N7O5S4. The fraction of sp³-hybridized carbons (Fsp3) is 0.278. The van der Waals surface area contributed by atoms with Gasteiger partial charge in [-0.15, -0.1) is 34.9 Å². The van der Waals surface area contributed by atoms with Gasteiger partial charge in [-0.25, -0.2) is 19.7 Å². The number of nitrogens with one attached hydrogen (secondary N) is 1. The highest BCUT2D eigenvalue weighted by atomic mass is 32.2. The number of hydrogen-bond donors (Lipinski definition) is 3. The molecule has 0 aromatic carbocycles. The van der Waals surface area contributed by atoms with Gasteiger partial charge in [0.2, 0.25) is 0 Å². The summed E-state index contributed by atoms with van der Waals surface area (Å²) in [6.45, 7) is 0. The van der Waals surface area contributed by atoms with E-state index in [1.807, 2.05) is 0 Å². The molecule has 4 heterocycles. The predicted molar refractivity (Wildman–Crippen MR) is 130 cm³/mol. The van der Waals surface area contributed by atoms with E-state index in [2.05, 4.69) is 25.4 Å². The van der Waals surface area contributed by atoms with Gasteiger partial charge in [-0.05, 0) is 6.07 Å². The Morgan fingerprint density at radius 1 is 1.38 bits per heavy atom. The van der Waals surface area contributed by atoms with E-state index in [0.717, 1.165) is 11.3 Å². The fourth-order valence-corrected chi connectivity index (χ4v) is 7.22. The number of carbonyl (C=O) groups is 3. The van der Waals surface area contributed by atoms with E-state index in [0.29, 0.717) is 20.9 Å². The molecule has 0 spiro atoms. The van der Waals surface area contributed by atoms with Crippen LogP contribution < -0.4 is 11.1 Å². The lowest BCUT2D eigenvalue weighted by molar-refractivity contribution is -0.150. The zero-order chi connectivity index (χ0) is 24.2. The van der Waals surface area contributed by atoms with Crippen LogP contribution in [0.2, 0.25) is 0 Å². The van der Waals surface area contributed by atoms with Crippen LogP contribution in [0.5, 0.6) is 0 Å². The molecule has 1 saturated heterocycles. The number of rotatable bonds is 9. The lowest BCUT2D eigenvalue weighted by Gasteiger charge is -2.49. The largest absolute Gasteiger partial charge is 0.477 e. The molecule has 2 aromatic rings. The normalized spacial score (nSPS) is 20.0. The van der Waals surface area contributed by atoms with Crippen LogP contribution in [0.4, 0.5) is 5.13 Å². The number of carboxylic acid groups (broad SMARTS) is 1. The van der Waals surface area contributed by atoms with Gasteiger partial charge in [0.15, 0.2) is 16.0 Å². The van der Waals surface area contributed by atoms with Crippen molar-refractivity contribution in [3.8, 4) is 0 Å². The molecule has 2 aliphatic rings. The minimum Gasteiger partial charge on any atom is -0.477 e. The van der Waals surface area contributed by atoms with Crippen LogP contribution >= 0.6 is 46.6 Å². The quantitative estimate of drug-likeness (QED) is 0.103. The molecule has 0 aliphatic carbocycles. The number of carboxylic acids is 1. The number of thiazole rings is 1. The number of amides is 2. The molecular weight excluding hydrogens is 523 g/mol. The van der Waals surface area contributed by atoms with Crippen molar-refractivity contribution in [2.45, 2.75) is 16.6 Å². The van der Waals surface area contributed by atoms with Crippen molar-refractivity contribution in [3.05, 3.63) is 40.1 Å². The van der Waals surface area contributed by atoms with Gasteiger partial charge in [0.05, 0.1) is 5.08 Å². The molecule has 2 atom stereocenters. The Morgan fingerprint density at radius 2 is 2.15 bits per heavy atom. The fourth-order valence-electron chi connectivity index (χ4n) is 3.12. The summed E-state index contributed by atoms with van der Waals surface area (Å²) in [5.74, 6) is -2.02. The van der Waals surface area contributed by atoms with E-state index in [-0.39, 0.29) is 22.2 Å². The molecule has 2 amide bonds. The molecule has 0 bridgehead atoms. The van der Waals surface area contributed by atoms with Crippen molar-refractivity contribution >= 4 is 75.2 Å².